The highest BCUT2D eigenvalue weighted by atomic mass is 35.5. The normalized spacial score (nSPS) is 14.1. The highest BCUT2D eigenvalue weighted by Crippen LogP contribution is 2.31. The van der Waals surface area contributed by atoms with Crippen LogP contribution in [0.1, 0.15) is 0 Å². The Kier molecular flexibility index (Phi) is 6.03. The van der Waals surface area contributed by atoms with Gasteiger partial charge in [-0.1, -0.05) is 35.3 Å². The Morgan fingerprint density at radius 2 is 1.81 bits per heavy atom. The van der Waals surface area contributed by atoms with Crippen molar-refractivity contribution in [1.29, 1.82) is 0 Å². The molecule has 0 saturated carbocycles. The van der Waals surface area contributed by atoms with E-state index in [9.17, 15) is 14.9 Å². The zero-order valence-corrected chi connectivity index (χ0v) is 15.9. The van der Waals surface area contributed by atoms with E-state index < -0.39 is 4.92 Å². The van der Waals surface area contributed by atoms with E-state index in [1.165, 1.54) is 6.07 Å². The van der Waals surface area contributed by atoms with Crippen LogP contribution in [0.25, 0.3) is 0 Å². The van der Waals surface area contributed by atoms with Gasteiger partial charge in [0.25, 0.3) is 5.69 Å². The fourth-order valence-corrected chi connectivity index (χ4v) is 3.36. The van der Waals surface area contributed by atoms with Crippen molar-refractivity contribution in [2.75, 3.05) is 42.9 Å². The Balaban J connectivity index is 1.58. The van der Waals surface area contributed by atoms with Gasteiger partial charge in [0.1, 0.15) is 5.69 Å². The lowest BCUT2D eigenvalue weighted by molar-refractivity contribution is -0.384. The molecule has 0 aromatic heterocycles. The Hall–Kier alpha value is -2.51. The summed E-state index contributed by atoms with van der Waals surface area (Å²) in [6.07, 6.45) is 0. The minimum absolute atomic E-state index is 0.0253. The SMILES string of the molecule is O=C(CNc1ccccc1Cl)N1CCN(c2ccc(Cl)cc2[N+](=O)[O-])CC1. The first-order valence-electron chi connectivity index (χ1n) is 8.41. The zero-order chi connectivity index (χ0) is 19.4. The summed E-state index contributed by atoms with van der Waals surface area (Å²) in [4.78, 5) is 26.9. The molecule has 142 valence electrons. The molecule has 1 aliphatic rings. The Bertz CT molecular complexity index is 854. The summed E-state index contributed by atoms with van der Waals surface area (Å²) in [6.45, 7) is 2.15. The van der Waals surface area contributed by atoms with Crippen molar-refractivity contribution in [3.63, 3.8) is 0 Å². The largest absolute Gasteiger partial charge is 0.375 e. The van der Waals surface area contributed by atoms with E-state index in [2.05, 4.69) is 5.32 Å². The molecular weight excluding hydrogens is 391 g/mol. The number of nitrogens with zero attached hydrogens (tertiary/aromatic N) is 3. The van der Waals surface area contributed by atoms with Gasteiger partial charge in [0.2, 0.25) is 5.91 Å². The number of hydrogen-bond acceptors (Lipinski definition) is 5. The minimum Gasteiger partial charge on any atom is -0.375 e. The van der Waals surface area contributed by atoms with E-state index in [1.807, 2.05) is 23.1 Å². The molecular formula is C18H18Cl2N4O3. The highest BCUT2D eigenvalue weighted by molar-refractivity contribution is 6.33. The fraction of sp³-hybridized carbons (Fsp3) is 0.278. The van der Waals surface area contributed by atoms with Crippen molar-refractivity contribution < 1.29 is 9.72 Å². The first kappa shape index (κ1) is 19.3. The van der Waals surface area contributed by atoms with E-state index >= 15 is 0 Å². The lowest BCUT2D eigenvalue weighted by Crippen LogP contribution is -2.50. The van der Waals surface area contributed by atoms with Crippen molar-refractivity contribution in [2.24, 2.45) is 0 Å². The third-order valence-corrected chi connectivity index (χ3v) is 4.98. The Morgan fingerprint density at radius 3 is 2.48 bits per heavy atom. The topological polar surface area (TPSA) is 78.7 Å². The number of para-hydroxylation sites is 1. The number of carbonyl (C=O) groups is 1. The number of halogens is 2. The molecule has 1 aliphatic heterocycles. The smallest absolute Gasteiger partial charge is 0.294 e. The van der Waals surface area contributed by atoms with E-state index in [0.29, 0.717) is 47.6 Å². The molecule has 1 heterocycles. The van der Waals surface area contributed by atoms with Crippen LogP contribution in [0, 0.1) is 10.1 Å². The van der Waals surface area contributed by atoms with Crippen LogP contribution in [0.15, 0.2) is 42.5 Å². The molecule has 27 heavy (non-hydrogen) atoms. The Morgan fingerprint density at radius 1 is 1.11 bits per heavy atom. The molecule has 7 nitrogen and oxygen atoms in total. The van der Waals surface area contributed by atoms with Gasteiger partial charge in [-0.15, -0.1) is 0 Å². The van der Waals surface area contributed by atoms with Crippen molar-refractivity contribution in [3.05, 3.63) is 62.6 Å². The predicted octanol–water partition coefficient (Wildman–Crippen LogP) is 3.66. The lowest BCUT2D eigenvalue weighted by Gasteiger charge is -2.36. The van der Waals surface area contributed by atoms with E-state index in [0.717, 1.165) is 0 Å². The van der Waals surface area contributed by atoms with Crippen LogP contribution in [0.3, 0.4) is 0 Å². The summed E-state index contributed by atoms with van der Waals surface area (Å²) in [5, 5.41) is 15.2. The molecule has 0 aliphatic carbocycles. The first-order valence-corrected chi connectivity index (χ1v) is 9.16. The molecule has 0 atom stereocenters. The number of nitrogens with one attached hydrogen (secondary N) is 1. The minimum atomic E-state index is -0.438. The molecule has 0 spiro atoms. The number of hydrogen-bond donors (Lipinski definition) is 1. The molecule has 2 aromatic rings. The van der Waals surface area contributed by atoms with Gasteiger partial charge in [0.15, 0.2) is 0 Å². The molecule has 0 bridgehead atoms. The van der Waals surface area contributed by atoms with Crippen molar-refractivity contribution in [2.45, 2.75) is 0 Å². The second kappa shape index (κ2) is 8.45. The molecule has 0 radical (unpaired) electrons. The van der Waals surface area contributed by atoms with Gasteiger partial charge in [0.05, 0.1) is 22.2 Å². The van der Waals surface area contributed by atoms with Crippen LogP contribution >= 0.6 is 23.2 Å². The van der Waals surface area contributed by atoms with Gasteiger partial charge in [0, 0.05) is 37.3 Å². The van der Waals surface area contributed by atoms with Crippen LogP contribution in [-0.4, -0.2) is 48.5 Å². The van der Waals surface area contributed by atoms with Crippen LogP contribution < -0.4 is 10.2 Å². The molecule has 1 amide bonds. The third-order valence-electron chi connectivity index (χ3n) is 4.41. The number of carbonyl (C=O) groups excluding carboxylic acids is 1. The molecule has 1 N–H and O–H groups in total. The average molecular weight is 409 g/mol. The summed E-state index contributed by atoms with van der Waals surface area (Å²) in [5.41, 5.74) is 1.20. The maximum Gasteiger partial charge on any atom is 0.294 e. The maximum atomic E-state index is 12.4. The van der Waals surface area contributed by atoms with Gasteiger partial charge in [-0.25, -0.2) is 0 Å². The van der Waals surface area contributed by atoms with Crippen molar-refractivity contribution in [1.82, 2.24) is 4.90 Å². The summed E-state index contributed by atoms with van der Waals surface area (Å²) in [6, 6.07) is 11.9. The van der Waals surface area contributed by atoms with Crippen LogP contribution in [0.2, 0.25) is 10.0 Å². The summed E-state index contributed by atoms with van der Waals surface area (Å²) >= 11 is 11.9. The molecule has 1 fully saturated rings. The highest BCUT2D eigenvalue weighted by Gasteiger charge is 2.25. The van der Waals surface area contributed by atoms with Crippen molar-refractivity contribution in [3.8, 4) is 0 Å². The predicted molar refractivity (Wildman–Crippen MR) is 107 cm³/mol. The van der Waals surface area contributed by atoms with E-state index in [-0.39, 0.29) is 18.1 Å². The number of rotatable bonds is 5. The standard InChI is InChI=1S/C18H18Cl2N4O3/c19-13-5-6-16(17(11-13)24(26)27)22-7-9-23(10-8-22)18(25)12-21-15-4-2-1-3-14(15)20/h1-6,11,21H,7-10,12H2. The van der Waals surface area contributed by atoms with Gasteiger partial charge in [-0.3, -0.25) is 14.9 Å². The van der Waals surface area contributed by atoms with Gasteiger partial charge < -0.3 is 15.1 Å². The zero-order valence-electron chi connectivity index (χ0n) is 14.4. The van der Waals surface area contributed by atoms with Gasteiger partial charge >= 0.3 is 0 Å². The summed E-state index contributed by atoms with van der Waals surface area (Å²) in [5.74, 6) is -0.0415. The fourth-order valence-electron chi connectivity index (χ4n) is 2.99. The number of amides is 1. The first-order chi connectivity index (χ1) is 13.0. The van der Waals surface area contributed by atoms with Crippen LogP contribution in [0.4, 0.5) is 17.1 Å². The number of piperazine rings is 1. The number of benzene rings is 2. The quantitative estimate of drug-likeness (QED) is 0.602. The van der Waals surface area contributed by atoms with Gasteiger partial charge in [-0.05, 0) is 24.3 Å². The monoisotopic (exact) mass is 408 g/mol. The number of anilines is 2. The molecule has 2 aromatic carbocycles. The van der Waals surface area contributed by atoms with Crippen LogP contribution in [0.5, 0.6) is 0 Å². The average Bonchev–Trinajstić information content (AvgIpc) is 2.67. The third kappa shape index (κ3) is 4.61. The second-order valence-corrected chi connectivity index (χ2v) is 6.94. The molecule has 3 rings (SSSR count). The summed E-state index contributed by atoms with van der Waals surface area (Å²) in [7, 11) is 0. The van der Waals surface area contributed by atoms with Crippen LogP contribution in [-0.2, 0) is 4.79 Å². The van der Waals surface area contributed by atoms with Gasteiger partial charge in [-0.2, -0.15) is 0 Å². The summed E-state index contributed by atoms with van der Waals surface area (Å²) < 4.78 is 0. The Labute approximate surface area is 166 Å². The number of nitro groups is 1. The van der Waals surface area contributed by atoms with E-state index in [4.69, 9.17) is 23.2 Å². The molecule has 0 unspecified atom stereocenters. The maximum absolute atomic E-state index is 12.4. The lowest BCUT2D eigenvalue weighted by atomic mass is 10.2. The van der Waals surface area contributed by atoms with Crippen molar-refractivity contribution >= 4 is 46.2 Å². The van der Waals surface area contributed by atoms with E-state index in [1.54, 1.807) is 23.1 Å². The second-order valence-electron chi connectivity index (χ2n) is 6.09. The molecule has 9 heteroatoms. The molecule has 1 saturated heterocycles. The number of nitro benzene ring substituents is 1.